The maximum absolute atomic E-state index is 12.9. The fraction of sp³-hybridized carbons (Fsp3) is 0.292. The molecule has 160 valence electrons. The van der Waals surface area contributed by atoms with Crippen molar-refractivity contribution in [3.8, 4) is 0 Å². The minimum Gasteiger partial charge on any atom is -0.383 e. The minimum absolute atomic E-state index is 0.0580. The molecule has 3 aromatic rings. The van der Waals surface area contributed by atoms with Gasteiger partial charge in [0, 0.05) is 30.4 Å². The number of amides is 2. The van der Waals surface area contributed by atoms with Crippen LogP contribution in [-0.4, -0.2) is 40.8 Å². The molecule has 31 heavy (non-hydrogen) atoms. The molecule has 2 aromatic carbocycles. The summed E-state index contributed by atoms with van der Waals surface area (Å²) in [6, 6.07) is 16.9. The summed E-state index contributed by atoms with van der Waals surface area (Å²) < 4.78 is 0. The molecule has 0 spiro atoms. The lowest BCUT2D eigenvalue weighted by molar-refractivity contribution is -0.141. The third-order valence-electron chi connectivity index (χ3n) is 5.67. The number of hydrogen-bond donors (Lipinski definition) is 3. The topological polar surface area (TPSA) is 100 Å². The number of aromatic nitrogens is 1. The van der Waals surface area contributed by atoms with E-state index in [1.807, 2.05) is 54.6 Å². The van der Waals surface area contributed by atoms with Gasteiger partial charge >= 0.3 is 0 Å². The number of carbonyl (C=O) groups excluding carboxylic acids is 2. The van der Waals surface area contributed by atoms with Gasteiger partial charge < -0.3 is 21.3 Å². The first kappa shape index (κ1) is 20.7. The van der Waals surface area contributed by atoms with Crippen LogP contribution in [0.15, 0.2) is 60.8 Å². The molecule has 1 aliphatic rings. The first-order valence-electron chi connectivity index (χ1n) is 10.6. The first-order valence-corrected chi connectivity index (χ1v) is 10.6. The monoisotopic (exact) mass is 417 g/mol. The summed E-state index contributed by atoms with van der Waals surface area (Å²) in [4.78, 5) is 31.5. The molecule has 2 heterocycles. The zero-order valence-corrected chi connectivity index (χ0v) is 17.4. The molecule has 7 nitrogen and oxygen atoms in total. The zero-order chi connectivity index (χ0) is 21.6. The quantitative estimate of drug-likeness (QED) is 0.573. The van der Waals surface area contributed by atoms with Crippen molar-refractivity contribution in [2.24, 2.45) is 0 Å². The van der Waals surface area contributed by atoms with Crippen molar-refractivity contribution in [1.29, 1.82) is 0 Å². The van der Waals surface area contributed by atoms with Gasteiger partial charge in [0.1, 0.15) is 11.9 Å². The van der Waals surface area contributed by atoms with Crippen LogP contribution in [0.5, 0.6) is 0 Å². The van der Waals surface area contributed by atoms with E-state index in [-0.39, 0.29) is 18.4 Å². The summed E-state index contributed by atoms with van der Waals surface area (Å²) in [5.74, 6) is 0.327. The molecule has 1 saturated heterocycles. The number of nitrogens with one attached hydrogen (secondary N) is 2. The average molecular weight is 418 g/mol. The number of carbonyl (C=O) groups is 2. The highest BCUT2D eigenvalue weighted by Gasteiger charge is 2.31. The number of rotatable bonds is 6. The van der Waals surface area contributed by atoms with E-state index in [2.05, 4.69) is 15.6 Å². The van der Waals surface area contributed by atoms with Crippen LogP contribution < -0.4 is 16.4 Å². The van der Waals surface area contributed by atoms with Crippen LogP contribution >= 0.6 is 0 Å². The molecule has 1 fully saturated rings. The molecule has 1 aromatic heterocycles. The van der Waals surface area contributed by atoms with Crippen LogP contribution in [0.3, 0.4) is 0 Å². The largest absolute Gasteiger partial charge is 0.383 e. The van der Waals surface area contributed by atoms with Gasteiger partial charge in [0.25, 0.3) is 0 Å². The van der Waals surface area contributed by atoms with Gasteiger partial charge in [-0.15, -0.1) is 0 Å². The van der Waals surface area contributed by atoms with E-state index in [9.17, 15) is 9.59 Å². The van der Waals surface area contributed by atoms with Gasteiger partial charge in [-0.05, 0) is 54.5 Å². The van der Waals surface area contributed by atoms with Gasteiger partial charge in [-0.2, -0.15) is 0 Å². The van der Waals surface area contributed by atoms with Crippen molar-refractivity contribution in [2.75, 3.05) is 24.1 Å². The van der Waals surface area contributed by atoms with E-state index < -0.39 is 6.04 Å². The van der Waals surface area contributed by atoms with Crippen molar-refractivity contribution >= 4 is 34.1 Å². The Bertz CT molecular complexity index is 1070. The lowest BCUT2D eigenvalue weighted by atomic mass is 10.0. The second-order valence-electron chi connectivity index (χ2n) is 7.79. The Hall–Kier alpha value is -3.61. The van der Waals surface area contributed by atoms with E-state index in [0.29, 0.717) is 25.3 Å². The summed E-state index contributed by atoms with van der Waals surface area (Å²) >= 11 is 0. The molecule has 4 rings (SSSR count). The fourth-order valence-corrected chi connectivity index (χ4v) is 4.01. The van der Waals surface area contributed by atoms with E-state index in [1.54, 1.807) is 11.1 Å². The van der Waals surface area contributed by atoms with Crippen LogP contribution in [0.25, 0.3) is 10.8 Å². The summed E-state index contributed by atoms with van der Waals surface area (Å²) in [7, 11) is 0. The first-order chi connectivity index (χ1) is 15.1. The number of para-hydroxylation sites is 1. The van der Waals surface area contributed by atoms with Gasteiger partial charge in [-0.3, -0.25) is 9.59 Å². The standard InChI is InChI=1S/C24H27N5O2/c25-23-20-10-9-17(14-18(20)11-12-26-23)15-28-24(31)21-8-4-5-13-29(21)22(30)16-27-19-6-2-1-3-7-19/h1-3,6-7,9-12,14,21,27H,4-5,8,13,15-16H2,(H2,25,26)(H,28,31)/t21-/m0/s1. The summed E-state index contributed by atoms with van der Waals surface area (Å²) in [5.41, 5.74) is 7.78. The molecule has 4 N–H and O–H groups in total. The van der Waals surface area contributed by atoms with Crippen molar-refractivity contribution in [3.05, 3.63) is 66.4 Å². The van der Waals surface area contributed by atoms with Gasteiger partial charge in [-0.25, -0.2) is 4.98 Å². The highest BCUT2D eigenvalue weighted by atomic mass is 16.2. The summed E-state index contributed by atoms with van der Waals surface area (Å²) in [6.45, 7) is 1.18. The predicted octanol–water partition coefficient (Wildman–Crippen LogP) is 2.93. The number of fused-ring (bicyclic) bond motifs is 1. The average Bonchev–Trinajstić information content (AvgIpc) is 2.81. The second kappa shape index (κ2) is 9.47. The minimum atomic E-state index is -0.431. The maximum atomic E-state index is 12.9. The number of hydrogen-bond acceptors (Lipinski definition) is 5. The summed E-state index contributed by atoms with van der Waals surface area (Å²) in [6.07, 6.45) is 4.22. The second-order valence-corrected chi connectivity index (χ2v) is 7.79. The SMILES string of the molecule is Nc1nccc2cc(CNC(=O)[C@@H]3CCCCN3C(=O)CNc3ccccc3)ccc12. The van der Waals surface area contributed by atoms with E-state index in [1.165, 1.54) is 0 Å². The van der Waals surface area contributed by atoms with E-state index in [4.69, 9.17) is 5.73 Å². The Balaban J connectivity index is 1.37. The molecule has 2 amide bonds. The number of nitrogen functional groups attached to an aromatic ring is 1. The molecule has 0 saturated carbocycles. The van der Waals surface area contributed by atoms with Gasteiger partial charge in [0.2, 0.25) is 11.8 Å². The Morgan fingerprint density at radius 2 is 1.94 bits per heavy atom. The number of nitrogens with two attached hydrogens (primary N) is 1. The van der Waals surface area contributed by atoms with Crippen LogP contribution in [-0.2, 0) is 16.1 Å². The normalized spacial score (nSPS) is 16.1. The number of nitrogens with zero attached hydrogens (tertiary/aromatic N) is 2. The van der Waals surface area contributed by atoms with Gasteiger partial charge in [0.05, 0.1) is 6.54 Å². The van der Waals surface area contributed by atoms with E-state index in [0.717, 1.165) is 34.9 Å². The highest BCUT2D eigenvalue weighted by molar-refractivity contribution is 5.91. The number of piperidine rings is 1. The number of anilines is 2. The molecule has 0 radical (unpaired) electrons. The van der Waals surface area contributed by atoms with Gasteiger partial charge in [0.15, 0.2) is 0 Å². The van der Waals surface area contributed by atoms with Crippen molar-refractivity contribution in [1.82, 2.24) is 15.2 Å². The molecule has 0 unspecified atom stereocenters. The molecule has 0 aliphatic carbocycles. The maximum Gasteiger partial charge on any atom is 0.243 e. The predicted molar refractivity (Wildman–Crippen MR) is 122 cm³/mol. The fourth-order valence-electron chi connectivity index (χ4n) is 4.01. The third kappa shape index (κ3) is 4.94. The molecular weight excluding hydrogens is 390 g/mol. The molecule has 7 heteroatoms. The Morgan fingerprint density at radius 3 is 2.77 bits per heavy atom. The van der Waals surface area contributed by atoms with Crippen molar-refractivity contribution < 1.29 is 9.59 Å². The molecule has 1 aliphatic heterocycles. The number of pyridine rings is 1. The lowest BCUT2D eigenvalue weighted by Gasteiger charge is -2.35. The zero-order valence-electron chi connectivity index (χ0n) is 17.4. The Kier molecular flexibility index (Phi) is 6.31. The van der Waals surface area contributed by atoms with Crippen LogP contribution in [0, 0.1) is 0 Å². The smallest absolute Gasteiger partial charge is 0.243 e. The van der Waals surface area contributed by atoms with Crippen LogP contribution in [0.4, 0.5) is 11.5 Å². The number of benzene rings is 2. The van der Waals surface area contributed by atoms with E-state index >= 15 is 0 Å². The number of likely N-dealkylation sites (tertiary alicyclic amines) is 1. The van der Waals surface area contributed by atoms with Crippen LogP contribution in [0.1, 0.15) is 24.8 Å². The molecular formula is C24H27N5O2. The Morgan fingerprint density at radius 1 is 1.10 bits per heavy atom. The Labute approximate surface area is 181 Å². The third-order valence-corrected chi connectivity index (χ3v) is 5.67. The van der Waals surface area contributed by atoms with Crippen molar-refractivity contribution in [2.45, 2.75) is 31.8 Å². The molecule has 1 atom stereocenters. The van der Waals surface area contributed by atoms with Crippen molar-refractivity contribution in [3.63, 3.8) is 0 Å². The van der Waals surface area contributed by atoms with Crippen LogP contribution in [0.2, 0.25) is 0 Å². The summed E-state index contributed by atoms with van der Waals surface area (Å²) in [5, 5.41) is 8.03. The van der Waals surface area contributed by atoms with Gasteiger partial charge in [-0.1, -0.05) is 30.3 Å². The highest BCUT2D eigenvalue weighted by Crippen LogP contribution is 2.21. The molecule has 0 bridgehead atoms. The lowest BCUT2D eigenvalue weighted by Crippen LogP contribution is -2.53.